The Balaban J connectivity index is 0.712. The molecule has 0 N–H and O–H groups in total. The summed E-state index contributed by atoms with van der Waals surface area (Å²) in [6.45, 7) is 20.3. The van der Waals surface area contributed by atoms with Crippen LogP contribution in [-0.2, 0) is 34.5 Å². The molecule has 6 heterocycles. The zero-order chi connectivity index (χ0) is 61.4. The first-order valence-electron chi connectivity index (χ1n) is 31.2. The number of benzene rings is 9. The number of thiophene rings is 2. The van der Waals surface area contributed by atoms with Gasteiger partial charge in [-0.1, -0.05) is 238 Å². The Hall–Kier alpha value is -9.54. The van der Waals surface area contributed by atoms with Gasteiger partial charge in [0.1, 0.15) is 34.3 Å². The molecule has 6 aromatic heterocycles. The second-order valence-corrected chi connectivity index (χ2v) is 29.5. The molecule has 0 atom stereocenters. The SMILES string of the molecule is CC(C)(C)c1nc(-c2cccc(-c3ccccc3)c2)c2sc3cc(CC(C)(C)c4nc(-c5ccc(-c6cccc(CC(C)(C)c7nc(-c8ccc9c(c8)-c8ccccc8C9(C)C)c8oc9ccccc9c8n7)c6)cc5)c5sc6ccccc6c5n4)ccc3c2n1. The van der Waals surface area contributed by atoms with E-state index in [1.807, 2.05) is 12.1 Å². The predicted molar refractivity (Wildman–Crippen MR) is 376 cm³/mol. The number of furan rings is 1. The van der Waals surface area contributed by atoms with Gasteiger partial charge in [-0.3, -0.25) is 0 Å². The van der Waals surface area contributed by atoms with Gasteiger partial charge < -0.3 is 4.42 Å². The van der Waals surface area contributed by atoms with Gasteiger partial charge in [0.05, 0.1) is 31.8 Å². The number of fused-ring (bicyclic) bond motifs is 12. The molecule has 0 amide bonds. The van der Waals surface area contributed by atoms with E-state index < -0.39 is 10.8 Å². The van der Waals surface area contributed by atoms with Crippen LogP contribution in [0.4, 0.5) is 0 Å². The molecule has 438 valence electrons. The molecule has 0 fully saturated rings. The van der Waals surface area contributed by atoms with Crippen LogP contribution < -0.4 is 0 Å². The van der Waals surface area contributed by atoms with Gasteiger partial charge in [-0.05, 0) is 105 Å². The van der Waals surface area contributed by atoms with Crippen molar-refractivity contribution in [2.75, 3.05) is 0 Å². The summed E-state index contributed by atoms with van der Waals surface area (Å²) in [7, 11) is 0. The lowest BCUT2D eigenvalue weighted by atomic mass is 9.82. The smallest absolute Gasteiger partial charge is 0.180 e. The van der Waals surface area contributed by atoms with Crippen molar-refractivity contribution in [2.24, 2.45) is 0 Å². The average molecular weight is 1200 g/mol. The monoisotopic (exact) mass is 1200 g/mol. The molecule has 90 heavy (non-hydrogen) atoms. The highest BCUT2D eigenvalue weighted by atomic mass is 32.1. The van der Waals surface area contributed by atoms with Gasteiger partial charge in [0, 0.05) is 63.9 Å². The molecule has 9 aromatic carbocycles. The highest BCUT2D eigenvalue weighted by Gasteiger charge is 2.37. The van der Waals surface area contributed by atoms with E-state index in [2.05, 4.69) is 263 Å². The van der Waals surface area contributed by atoms with Gasteiger partial charge in [0.2, 0.25) is 0 Å². The van der Waals surface area contributed by atoms with Gasteiger partial charge in [-0.15, -0.1) is 22.7 Å². The van der Waals surface area contributed by atoms with Crippen LogP contribution in [0.5, 0.6) is 0 Å². The third-order valence-electron chi connectivity index (χ3n) is 18.5. The van der Waals surface area contributed by atoms with Crippen molar-refractivity contribution in [1.29, 1.82) is 0 Å². The lowest BCUT2D eigenvalue weighted by Crippen LogP contribution is -2.24. The van der Waals surface area contributed by atoms with E-state index in [-0.39, 0.29) is 10.8 Å². The molecule has 0 saturated heterocycles. The number of hydrogen-bond acceptors (Lipinski definition) is 9. The zero-order valence-corrected chi connectivity index (χ0v) is 53.7. The number of nitrogens with zero attached hydrogens (tertiary/aromatic N) is 6. The first-order chi connectivity index (χ1) is 43.4. The summed E-state index contributed by atoms with van der Waals surface area (Å²) < 4.78 is 11.2. The van der Waals surface area contributed by atoms with E-state index in [1.54, 1.807) is 22.7 Å². The minimum absolute atomic E-state index is 0.0978. The van der Waals surface area contributed by atoms with Crippen molar-refractivity contribution in [3.63, 3.8) is 0 Å². The van der Waals surface area contributed by atoms with E-state index in [0.717, 1.165) is 123 Å². The molecule has 9 heteroatoms. The van der Waals surface area contributed by atoms with E-state index in [9.17, 15) is 0 Å². The average Bonchev–Trinajstić information content (AvgIpc) is 1.58. The number of hydrogen-bond donors (Lipinski definition) is 0. The lowest BCUT2D eigenvalue weighted by Gasteiger charge is -2.24. The zero-order valence-electron chi connectivity index (χ0n) is 52.0. The minimum Gasteiger partial charge on any atom is -0.452 e. The Kier molecular flexibility index (Phi) is 12.9. The fourth-order valence-electron chi connectivity index (χ4n) is 13.7. The Bertz CT molecular complexity index is 5390. The molecule has 1 aliphatic carbocycles. The summed E-state index contributed by atoms with van der Waals surface area (Å²) in [5.74, 6) is 2.45. The van der Waals surface area contributed by atoms with E-state index in [4.69, 9.17) is 34.3 Å². The summed E-state index contributed by atoms with van der Waals surface area (Å²) >= 11 is 3.55. The Morgan fingerprint density at radius 3 is 1.66 bits per heavy atom. The van der Waals surface area contributed by atoms with Crippen LogP contribution in [0, 0.1) is 0 Å². The molecular weight excluding hydrogens is 1140 g/mol. The maximum atomic E-state index is 6.65. The van der Waals surface area contributed by atoms with Gasteiger partial charge >= 0.3 is 0 Å². The molecule has 7 nitrogen and oxygen atoms in total. The molecule has 1 aliphatic rings. The fourth-order valence-corrected chi connectivity index (χ4v) is 16.1. The molecular formula is C81H66N6OS2. The van der Waals surface area contributed by atoms with Crippen LogP contribution in [-0.4, -0.2) is 29.9 Å². The van der Waals surface area contributed by atoms with Crippen LogP contribution >= 0.6 is 22.7 Å². The van der Waals surface area contributed by atoms with E-state index in [0.29, 0.717) is 5.58 Å². The standard InChI is InChI=1S/C81H66N6OS2/c1-78(2,3)75-83-68(54-26-20-25-53(43-54)49-22-11-10-12-23-49)74-71(86-75)59-39-33-48(42-65(59)90-74)46-80(6,7)77-84-67(73-70(87-77)58-29-15-18-32-64(58)89-73)51-36-34-50(35-37-51)52-24-19-21-47(41-52)45-79(4,5)76-82-66(72-69(85-76)57-28-14-17-31-63(57)88-72)55-38-40-62-60(44-55)56-27-13-16-30-61(56)81(62,8)9/h10-44H,45-46H2,1-9H3. The lowest BCUT2D eigenvalue weighted by molar-refractivity contribution is 0.489. The van der Waals surface area contributed by atoms with Gasteiger partial charge in [0.25, 0.3) is 0 Å². The highest BCUT2D eigenvalue weighted by Crippen LogP contribution is 2.51. The van der Waals surface area contributed by atoms with Gasteiger partial charge in [-0.25, -0.2) is 29.9 Å². The second kappa shape index (κ2) is 20.8. The second-order valence-electron chi connectivity index (χ2n) is 27.4. The Labute approximate surface area is 532 Å². The Morgan fingerprint density at radius 2 is 0.889 bits per heavy atom. The Morgan fingerprint density at radius 1 is 0.367 bits per heavy atom. The third-order valence-corrected chi connectivity index (χ3v) is 20.8. The topological polar surface area (TPSA) is 90.5 Å². The van der Waals surface area contributed by atoms with Crippen molar-refractivity contribution < 1.29 is 4.42 Å². The van der Waals surface area contributed by atoms with Crippen LogP contribution in [0.2, 0.25) is 0 Å². The molecule has 0 bridgehead atoms. The molecule has 0 saturated carbocycles. The first kappa shape index (κ1) is 55.7. The first-order valence-corrected chi connectivity index (χ1v) is 32.8. The quantitative estimate of drug-likeness (QED) is 0.127. The summed E-state index contributed by atoms with van der Waals surface area (Å²) in [4.78, 5) is 32.5. The van der Waals surface area contributed by atoms with Crippen molar-refractivity contribution in [3.8, 4) is 67.2 Å². The van der Waals surface area contributed by atoms with Crippen molar-refractivity contribution >= 4 is 85.3 Å². The third kappa shape index (κ3) is 9.43. The van der Waals surface area contributed by atoms with E-state index in [1.165, 1.54) is 53.9 Å². The molecule has 0 aliphatic heterocycles. The van der Waals surface area contributed by atoms with Crippen LogP contribution in [0.3, 0.4) is 0 Å². The van der Waals surface area contributed by atoms with Gasteiger partial charge in [0.15, 0.2) is 5.58 Å². The summed E-state index contributed by atoms with van der Waals surface area (Å²) in [5.41, 5.74) is 21.3. The minimum atomic E-state index is -0.443. The summed E-state index contributed by atoms with van der Waals surface area (Å²) in [6.07, 6.45) is 1.47. The maximum absolute atomic E-state index is 6.65. The molecule has 0 spiro atoms. The molecule has 0 radical (unpaired) electrons. The fraction of sp³-hybridized carbons (Fsp3) is 0.185. The molecule has 15 aromatic rings. The number of rotatable bonds is 11. The number of aromatic nitrogens is 6. The normalized spacial score (nSPS) is 13.3. The summed E-state index contributed by atoms with van der Waals surface area (Å²) in [5, 5.41) is 3.29. The van der Waals surface area contributed by atoms with Crippen LogP contribution in [0.25, 0.3) is 130 Å². The molecule has 16 rings (SSSR count). The summed E-state index contributed by atoms with van der Waals surface area (Å²) in [6, 6.07) is 76.6. The molecule has 0 unspecified atom stereocenters. The van der Waals surface area contributed by atoms with Crippen LogP contribution in [0.15, 0.2) is 217 Å². The van der Waals surface area contributed by atoms with E-state index >= 15 is 0 Å². The number of para-hydroxylation sites is 1. The highest BCUT2D eigenvalue weighted by molar-refractivity contribution is 7.26. The van der Waals surface area contributed by atoms with Crippen molar-refractivity contribution in [3.05, 3.63) is 252 Å². The van der Waals surface area contributed by atoms with Crippen molar-refractivity contribution in [2.45, 2.75) is 96.8 Å². The van der Waals surface area contributed by atoms with Gasteiger partial charge in [-0.2, -0.15) is 0 Å². The predicted octanol–water partition coefficient (Wildman–Crippen LogP) is 21.7. The van der Waals surface area contributed by atoms with Crippen LogP contribution in [0.1, 0.15) is 102 Å². The van der Waals surface area contributed by atoms with Crippen molar-refractivity contribution in [1.82, 2.24) is 29.9 Å². The largest absolute Gasteiger partial charge is 0.452 e. The maximum Gasteiger partial charge on any atom is 0.180 e.